The lowest BCUT2D eigenvalue weighted by atomic mass is 9.84. The highest BCUT2D eigenvalue weighted by molar-refractivity contribution is 6.33. The van der Waals surface area contributed by atoms with E-state index in [0.29, 0.717) is 17.9 Å². The summed E-state index contributed by atoms with van der Waals surface area (Å²) in [6, 6.07) is 14.3. The maximum atomic E-state index is 13.4. The van der Waals surface area contributed by atoms with Gasteiger partial charge in [0.2, 0.25) is 5.92 Å². The van der Waals surface area contributed by atoms with E-state index in [1.165, 1.54) is 0 Å². The third-order valence-electron chi connectivity index (χ3n) is 5.11. The van der Waals surface area contributed by atoms with E-state index >= 15 is 0 Å². The first-order chi connectivity index (χ1) is 13.0. The molecular formula is C22H18ClF2N2. The molecule has 5 heteroatoms. The first-order valence-corrected chi connectivity index (χ1v) is 9.35. The molecule has 0 spiro atoms. The van der Waals surface area contributed by atoms with Crippen LogP contribution in [0.25, 0.3) is 22.3 Å². The zero-order chi connectivity index (χ0) is 18.9. The molecule has 2 aromatic heterocycles. The monoisotopic (exact) mass is 383 g/mol. The van der Waals surface area contributed by atoms with Crippen LogP contribution in [0, 0.1) is 6.07 Å². The highest BCUT2D eigenvalue weighted by atomic mass is 35.5. The van der Waals surface area contributed by atoms with E-state index in [-0.39, 0.29) is 18.8 Å². The second-order valence-corrected chi connectivity index (χ2v) is 7.38. The van der Waals surface area contributed by atoms with E-state index in [0.717, 1.165) is 27.9 Å². The number of aromatic nitrogens is 2. The molecule has 1 radical (unpaired) electrons. The molecule has 1 aromatic carbocycles. The summed E-state index contributed by atoms with van der Waals surface area (Å²) in [6.07, 6.45) is 6.12. The van der Waals surface area contributed by atoms with Crippen molar-refractivity contribution < 1.29 is 8.78 Å². The lowest BCUT2D eigenvalue weighted by molar-refractivity contribution is -0.0384. The van der Waals surface area contributed by atoms with Gasteiger partial charge in [-0.05, 0) is 48.7 Å². The third kappa shape index (κ3) is 4.01. The molecule has 0 N–H and O–H groups in total. The third-order valence-corrected chi connectivity index (χ3v) is 5.43. The maximum absolute atomic E-state index is 13.4. The second kappa shape index (κ2) is 7.35. The van der Waals surface area contributed by atoms with Gasteiger partial charge >= 0.3 is 0 Å². The van der Waals surface area contributed by atoms with E-state index in [1.54, 1.807) is 24.7 Å². The number of hydrogen-bond donors (Lipinski definition) is 0. The highest BCUT2D eigenvalue weighted by Gasteiger charge is 2.35. The van der Waals surface area contributed by atoms with Crippen molar-refractivity contribution in [1.29, 1.82) is 0 Å². The van der Waals surface area contributed by atoms with Crippen molar-refractivity contribution in [3.63, 3.8) is 0 Å². The van der Waals surface area contributed by atoms with Crippen LogP contribution < -0.4 is 0 Å². The lowest BCUT2D eigenvalue weighted by Crippen LogP contribution is -2.24. The largest absolute Gasteiger partial charge is 0.263 e. The molecule has 27 heavy (non-hydrogen) atoms. The minimum absolute atomic E-state index is 0.0653. The zero-order valence-corrected chi connectivity index (χ0v) is 15.4. The molecule has 1 saturated carbocycles. The van der Waals surface area contributed by atoms with Crippen molar-refractivity contribution in [2.45, 2.75) is 37.5 Å². The Bertz CT molecular complexity index is 948. The Kier molecular flexibility index (Phi) is 4.92. The molecule has 137 valence electrons. The highest BCUT2D eigenvalue weighted by Crippen LogP contribution is 2.41. The Labute approximate surface area is 162 Å². The molecule has 0 amide bonds. The summed E-state index contributed by atoms with van der Waals surface area (Å²) in [5.74, 6) is -2.45. The first-order valence-electron chi connectivity index (χ1n) is 8.97. The van der Waals surface area contributed by atoms with Crippen LogP contribution in [0.3, 0.4) is 0 Å². The van der Waals surface area contributed by atoms with E-state index in [2.05, 4.69) is 16.0 Å². The molecule has 1 aliphatic rings. The van der Waals surface area contributed by atoms with Gasteiger partial charge in [0.25, 0.3) is 0 Å². The average molecular weight is 384 g/mol. The molecule has 2 nitrogen and oxygen atoms in total. The van der Waals surface area contributed by atoms with E-state index < -0.39 is 5.92 Å². The standard InChI is InChI=1S/C22H18ClF2N2/c23-20-4-2-1-3-19(20)18-11-17(13-26-14-18)16-7-10-27-21(12-16)15-5-8-22(24,25)9-6-15/h1,3-4,7,10-15H,5-6,8-9H2. The average Bonchev–Trinajstić information content (AvgIpc) is 2.68. The van der Waals surface area contributed by atoms with Crippen LogP contribution in [0.2, 0.25) is 5.02 Å². The van der Waals surface area contributed by atoms with Crippen LogP contribution in [-0.2, 0) is 0 Å². The molecule has 1 fully saturated rings. The van der Waals surface area contributed by atoms with Gasteiger partial charge in [0.15, 0.2) is 0 Å². The fraction of sp³-hybridized carbons (Fsp3) is 0.273. The van der Waals surface area contributed by atoms with Gasteiger partial charge in [-0.15, -0.1) is 0 Å². The van der Waals surface area contributed by atoms with Crippen molar-refractivity contribution >= 4 is 11.6 Å². The summed E-state index contributed by atoms with van der Waals surface area (Å²) in [6.45, 7) is 0. The van der Waals surface area contributed by atoms with Crippen LogP contribution in [-0.4, -0.2) is 15.9 Å². The molecular weight excluding hydrogens is 366 g/mol. The first kappa shape index (κ1) is 18.1. The number of nitrogens with zero attached hydrogens (tertiary/aromatic N) is 2. The molecule has 0 aliphatic heterocycles. The molecule has 2 heterocycles. The summed E-state index contributed by atoms with van der Waals surface area (Å²) in [5.41, 5.74) is 4.61. The minimum Gasteiger partial charge on any atom is -0.263 e. The van der Waals surface area contributed by atoms with Crippen molar-refractivity contribution in [2.24, 2.45) is 0 Å². The summed E-state index contributed by atoms with van der Waals surface area (Å²) in [5, 5.41) is 0.620. The van der Waals surface area contributed by atoms with Crippen LogP contribution in [0.5, 0.6) is 0 Å². The van der Waals surface area contributed by atoms with Gasteiger partial charge in [0, 0.05) is 64.8 Å². The van der Waals surface area contributed by atoms with Gasteiger partial charge in [0.1, 0.15) is 0 Å². The SMILES string of the molecule is FC1(F)CCC(c2cc(-c3cncc(-c4cc[c]cc4Cl)c3)ccn2)CC1. The number of hydrogen-bond acceptors (Lipinski definition) is 2. The quantitative estimate of drug-likeness (QED) is 0.512. The Hall–Kier alpha value is -2.33. The summed E-state index contributed by atoms with van der Waals surface area (Å²) in [4.78, 5) is 8.79. The van der Waals surface area contributed by atoms with Crippen LogP contribution in [0.1, 0.15) is 37.3 Å². The van der Waals surface area contributed by atoms with Crippen LogP contribution >= 0.6 is 11.6 Å². The fourth-order valence-corrected chi connectivity index (χ4v) is 3.81. The Morgan fingerprint density at radius 1 is 1.04 bits per heavy atom. The summed E-state index contributed by atoms with van der Waals surface area (Å²) < 4.78 is 26.9. The predicted molar refractivity (Wildman–Crippen MR) is 103 cm³/mol. The Morgan fingerprint density at radius 3 is 2.59 bits per heavy atom. The van der Waals surface area contributed by atoms with Crippen molar-refractivity contribution in [2.75, 3.05) is 0 Å². The maximum Gasteiger partial charge on any atom is 0.248 e. The molecule has 0 unspecified atom stereocenters. The smallest absolute Gasteiger partial charge is 0.248 e. The molecule has 0 bridgehead atoms. The van der Waals surface area contributed by atoms with Gasteiger partial charge in [-0.25, -0.2) is 8.78 Å². The van der Waals surface area contributed by atoms with Crippen LogP contribution in [0.4, 0.5) is 8.78 Å². The lowest BCUT2D eigenvalue weighted by Gasteiger charge is -2.28. The molecule has 3 aromatic rings. The Morgan fingerprint density at radius 2 is 1.81 bits per heavy atom. The van der Waals surface area contributed by atoms with Gasteiger partial charge < -0.3 is 0 Å². The Balaban J connectivity index is 1.63. The second-order valence-electron chi connectivity index (χ2n) is 6.97. The van der Waals surface area contributed by atoms with E-state index in [1.807, 2.05) is 30.3 Å². The summed E-state index contributed by atoms with van der Waals surface area (Å²) in [7, 11) is 0. The predicted octanol–water partition coefficient (Wildman–Crippen LogP) is 6.56. The summed E-state index contributed by atoms with van der Waals surface area (Å²) >= 11 is 6.28. The molecule has 4 rings (SSSR count). The van der Waals surface area contributed by atoms with Gasteiger partial charge in [-0.3, -0.25) is 9.97 Å². The van der Waals surface area contributed by atoms with Gasteiger partial charge in [-0.2, -0.15) is 0 Å². The molecule has 1 aliphatic carbocycles. The van der Waals surface area contributed by atoms with Gasteiger partial charge in [0.05, 0.1) is 0 Å². The molecule has 0 saturated heterocycles. The normalized spacial score (nSPS) is 17.0. The number of halogens is 3. The van der Waals surface area contributed by atoms with Crippen molar-refractivity contribution in [3.8, 4) is 22.3 Å². The minimum atomic E-state index is -2.53. The topological polar surface area (TPSA) is 25.8 Å². The van der Waals surface area contributed by atoms with Crippen LogP contribution in [0.15, 0.2) is 55.0 Å². The van der Waals surface area contributed by atoms with Crippen molar-refractivity contribution in [3.05, 3.63) is 71.8 Å². The number of alkyl halides is 2. The van der Waals surface area contributed by atoms with E-state index in [4.69, 9.17) is 11.6 Å². The van der Waals surface area contributed by atoms with Gasteiger partial charge in [-0.1, -0.05) is 23.7 Å². The zero-order valence-electron chi connectivity index (χ0n) is 14.6. The van der Waals surface area contributed by atoms with E-state index in [9.17, 15) is 8.78 Å². The fourth-order valence-electron chi connectivity index (χ4n) is 3.58. The van der Waals surface area contributed by atoms with Crippen molar-refractivity contribution in [1.82, 2.24) is 9.97 Å². The number of pyridine rings is 2. The number of benzene rings is 1. The number of rotatable bonds is 3. The molecule has 0 atom stereocenters.